The third kappa shape index (κ3) is 8.71. The van der Waals surface area contributed by atoms with Crippen LogP contribution >= 0.6 is 23.1 Å². The minimum Gasteiger partial charge on any atom is -0.497 e. The highest BCUT2D eigenvalue weighted by atomic mass is 32.2. The van der Waals surface area contributed by atoms with E-state index < -0.39 is 11.2 Å². The molecule has 46 heavy (non-hydrogen) atoms. The van der Waals surface area contributed by atoms with E-state index in [0.29, 0.717) is 16.4 Å². The number of methoxy groups -OCH3 is 1. The van der Waals surface area contributed by atoms with Crippen LogP contribution in [0.1, 0.15) is 28.4 Å². The van der Waals surface area contributed by atoms with Crippen molar-refractivity contribution in [1.29, 1.82) is 0 Å². The molecule has 3 N–H and O–H groups in total. The second-order valence-corrected chi connectivity index (χ2v) is 12.6. The van der Waals surface area contributed by atoms with Crippen LogP contribution in [0.25, 0.3) is 17.3 Å². The number of thiazole rings is 1. The van der Waals surface area contributed by atoms with E-state index in [1.165, 1.54) is 23.1 Å². The Hall–Kier alpha value is -5.19. The Balaban J connectivity index is 1.20. The summed E-state index contributed by atoms with van der Waals surface area (Å²) in [7, 11) is 1.62. The minimum atomic E-state index is -0.463. The van der Waals surface area contributed by atoms with Crippen molar-refractivity contribution >= 4 is 57.7 Å². The summed E-state index contributed by atoms with van der Waals surface area (Å²) in [5, 5.41) is 10.5. The highest BCUT2D eigenvalue weighted by molar-refractivity contribution is 8.00. The molecule has 0 radical (unpaired) electrons. The van der Waals surface area contributed by atoms with Crippen LogP contribution in [0.3, 0.4) is 0 Å². The van der Waals surface area contributed by atoms with Gasteiger partial charge in [-0.25, -0.2) is 4.98 Å². The van der Waals surface area contributed by atoms with Crippen LogP contribution in [0.5, 0.6) is 5.75 Å². The topological polar surface area (TPSA) is 109 Å². The largest absolute Gasteiger partial charge is 0.497 e. The molecule has 0 fully saturated rings. The first-order valence-corrected chi connectivity index (χ1v) is 16.2. The number of benzene rings is 4. The molecule has 1 heterocycles. The zero-order valence-electron chi connectivity index (χ0n) is 25.4. The molecule has 0 aliphatic carbocycles. The Morgan fingerprint density at radius 1 is 0.891 bits per heavy atom. The molecule has 232 valence electrons. The Labute approximate surface area is 275 Å². The van der Waals surface area contributed by atoms with Gasteiger partial charge in [-0.2, -0.15) is 0 Å². The predicted octanol–water partition coefficient (Wildman–Crippen LogP) is 7.66. The number of nitrogens with one attached hydrogen (secondary N) is 3. The summed E-state index contributed by atoms with van der Waals surface area (Å²) in [6, 6.07) is 31.1. The molecule has 0 aliphatic rings. The summed E-state index contributed by atoms with van der Waals surface area (Å²) in [6.07, 6.45) is 1.64. The fourth-order valence-corrected chi connectivity index (χ4v) is 5.89. The van der Waals surface area contributed by atoms with E-state index in [1.54, 1.807) is 49.6 Å². The Bertz CT molecular complexity index is 1850. The zero-order valence-corrected chi connectivity index (χ0v) is 27.1. The number of carbonyl (C=O) groups is 3. The van der Waals surface area contributed by atoms with Crippen molar-refractivity contribution in [3.63, 3.8) is 0 Å². The van der Waals surface area contributed by atoms with Gasteiger partial charge in [0.05, 0.1) is 18.1 Å². The lowest BCUT2D eigenvalue weighted by atomic mass is 10.1. The minimum absolute atomic E-state index is 0.109. The summed E-state index contributed by atoms with van der Waals surface area (Å²) in [4.78, 5) is 44.6. The third-order valence-electron chi connectivity index (χ3n) is 6.81. The van der Waals surface area contributed by atoms with E-state index in [4.69, 9.17) is 4.74 Å². The van der Waals surface area contributed by atoms with Crippen LogP contribution in [-0.4, -0.2) is 35.1 Å². The van der Waals surface area contributed by atoms with Crippen LogP contribution < -0.4 is 20.7 Å². The van der Waals surface area contributed by atoms with Crippen LogP contribution in [0.2, 0.25) is 0 Å². The molecule has 0 saturated carbocycles. The van der Waals surface area contributed by atoms with Crippen molar-refractivity contribution in [2.75, 3.05) is 17.7 Å². The highest BCUT2D eigenvalue weighted by Gasteiger charge is 2.18. The van der Waals surface area contributed by atoms with Gasteiger partial charge in [0.1, 0.15) is 11.4 Å². The molecule has 0 bridgehead atoms. The Morgan fingerprint density at radius 2 is 1.63 bits per heavy atom. The molecule has 1 aromatic heterocycles. The number of aromatic nitrogens is 1. The van der Waals surface area contributed by atoms with E-state index in [0.717, 1.165) is 33.0 Å². The maximum atomic E-state index is 13.3. The van der Waals surface area contributed by atoms with E-state index in [1.807, 2.05) is 86.0 Å². The van der Waals surface area contributed by atoms with Gasteiger partial charge in [0.25, 0.3) is 11.8 Å². The molecule has 1 unspecified atom stereocenters. The van der Waals surface area contributed by atoms with Gasteiger partial charge in [0.2, 0.25) is 5.91 Å². The monoisotopic (exact) mass is 648 g/mol. The number of amides is 3. The van der Waals surface area contributed by atoms with E-state index >= 15 is 0 Å². The van der Waals surface area contributed by atoms with Gasteiger partial charge in [-0.05, 0) is 74.0 Å². The summed E-state index contributed by atoms with van der Waals surface area (Å²) in [5.41, 5.74) is 4.62. The molecule has 0 aliphatic heterocycles. The number of rotatable bonds is 11. The lowest BCUT2D eigenvalue weighted by Crippen LogP contribution is -2.30. The maximum absolute atomic E-state index is 13.3. The third-order valence-corrected chi connectivity index (χ3v) is 8.68. The molecule has 1 atom stereocenters. The van der Waals surface area contributed by atoms with Gasteiger partial charge in [-0.15, -0.1) is 23.1 Å². The fourth-order valence-electron chi connectivity index (χ4n) is 4.30. The molecular weight excluding hydrogens is 617 g/mol. The van der Waals surface area contributed by atoms with Crippen LogP contribution in [0, 0.1) is 6.92 Å². The number of carbonyl (C=O) groups excluding carboxylic acids is 3. The molecule has 0 spiro atoms. The number of nitrogens with zero attached hydrogens (tertiary/aromatic N) is 1. The second-order valence-electron chi connectivity index (χ2n) is 10.3. The first-order chi connectivity index (χ1) is 22.3. The SMILES string of the molecule is COc1cccc(-c2csc(NC(=O)C(C)Sc3ccc(NC(=O)/C(=C/c4ccc(C)cc4)NC(=O)c4ccccc4)cc3)n2)c1. The summed E-state index contributed by atoms with van der Waals surface area (Å²) >= 11 is 2.75. The summed E-state index contributed by atoms with van der Waals surface area (Å²) in [5.74, 6) is -0.285. The van der Waals surface area contributed by atoms with Crippen LogP contribution in [0.4, 0.5) is 10.8 Å². The number of anilines is 2. The van der Waals surface area contributed by atoms with Gasteiger partial charge in [-0.3, -0.25) is 14.4 Å². The van der Waals surface area contributed by atoms with Crippen molar-refractivity contribution in [3.8, 4) is 17.0 Å². The number of aryl methyl sites for hydroxylation is 1. The quantitative estimate of drug-likeness (QED) is 0.100. The standard InChI is InChI=1S/C36H32N4O4S2/c1-23-12-14-25(15-13-23)20-31(38-34(42)26-8-5-4-6-9-26)35(43)37-28-16-18-30(19-17-28)46-24(2)33(41)40-36-39-32(22-45-36)27-10-7-11-29(21-27)44-3/h4-22,24H,1-3H3,(H,37,43)(H,38,42)(H,39,40,41)/b31-20-. The first kappa shape index (κ1) is 32.2. The average molecular weight is 649 g/mol. The lowest BCUT2D eigenvalue weighted by molar-refractivity contribution is -0.115. The van der Waals surface area contributed by atoms with Gasteiger partial charge in [-0.1, -0.05) is 60.2 Å². The molecular formula is C36H32N4O4S2. The van der Waals surface area contributed by atoms with Crippen molar-refractivity contribution in [2.45, 2.75) is 24.0 Å². The van der Waals surface area contributed by atoms with Crippen LogP contribution in [0.15, 0.2) is 119 Å². The van der Waals surface area contributed by atoms with E-state index in [2.05, 4.69) is 20.9 Å². The fraction of sp³-hybridized carbons (Fsp3) is 0.111. The molecule has 5 rings (SSSR count). The van der Waals surface area contributed by atoms with Gasteiger partial charge in [0, 0.05) is 27.1 Å². The molecule has 10 heteroatoms. The Morgan fingerprint density at radius 3 is 2.35 bits per heavy atom. The number of hydrogen-bond donors (Lipinski definition) is 3. The second kappa shape index (κ2) is 15.2. The smallest absolute Gasteiger partial charge is 0.272 e. The summed E-state index contributed by atoms with van der Waals surface area (Å²) < 4.78 is 5.29. The molecule has 4 aromatic carbocycles. The molecule has 0 saturated heterocycles. The normalized spacial score (nSPS) is 11.8. The zero-order chi connectivity index (χ0) is 32.5. The Kier molecular flexibility index (Phi) is 10.6. The maximum Gasteiger partial charge on any atom is 0.272 e. The molecule has 3 amide bonds. The van der Waals surface area contributed by atoms with Crippen molar-refractivity contribution in [2.24, 2.45) is 0 Å². The van der Waals surface area contributed by atoms with Gasteiger partial charge in [0.15, 0.2) is 5.13 Å². The van der Waals surface area contributed by atoms with E-state index in [-0.39, 0.29) is 17.5 Å². The molecule has 5 aromatic rings. The van der Waals surface area contributed by atoms with Gasteiger partial charge >= 0.3 is 0 Å². The average Bonchev–Trinajstić information content (AvgIpc) is 3.55. The summed E-state index contributed by atoms with van der Waals surface area (Å²) in [6.45, 7) is 3.80. The van der Waals surface area contributed by atoms with Crippen LogP contribution in [-0.2, 0) is 9.59 Å². The number of hydrogen-bond acceptors (Lipinski definition) is 7. The van der Waals surface area contributed by atoms with Crippen molar-refractivity contribution in [3.05, 3.63) is 131 Å². The number of thioether (sulfide) groups is 1. The number of ether oxygens (including phenoxy) is 1. The molecule has 8 nitrogen and oxygen atoms in total. The highest BCUT2D eigenvalue weighted by Crippen LogP contribution is 2.29. The predicted molar refractivity (Wildman–Crippen MR) is 186 cm³/mol. The first-order valence-electron chi connectivity index (χ1n) is 14.4. The lowest BCUT2D eigenvalue weighted by Gasteiger charge is -2.13. The van der Waals surface area contributed by atoms with E-state index in [9.17, 15) is 14.4 Å². The van der Waals surface area contributed by atoms with Gasteiger partial charge < -0.3 is 20.7 Å². The van der Waals surface area contributed by atoms with Crippen molar-refractivity contribution < 1.29 is 19.1 Å². The van der Waals surface area contributed by atoms with Crippen molar-refractivity contribution in [1.82, 2.24) is 10.3 Å².